The number of hydrogen-bond acceptors (Lipinski definition) is 5. The summed E-state index contributed by atoms with van der Waals surface area (Å²) in [4.78, 5) is 22.9. The van der Waals surface area contributed by atoms with E-state index in [1.165, 1.54) is 23.3 Å². The molecule has 1 aliphatic carbocycles. The number of amides is 1. The normalized spacial score (nSPS) is 12.3. The molecule has 168 valence electrons. The molecule has 0 atom stereocenters. The molecule has 0 spiro atoms. The fourth-order valence-electron chi connectivity index (χ4n) is 4.04. The quantitative estimate of drug-likeness (QED) is 0.364. The van der Waals surface area contributed by atoms with Gasteiger partial charge in [-0.15, -0.1) is 0 Å². The largest absolute Gasteiger partial charge is 0.493 e. The maximum Gasteiger partial charge on any atom is 0.407 e. The molecule has 4 rings (SSSR count). The third kappa shape index (κ3) is 4.87. The molecule has 7 heteroatoms. The number of benzene rings is 3. The Morgan fingerprint density at radius 3 is 2.36 bits per heavy atom. The van der Waals surface area contributed by atoms with Gasteiger partial charge in [-0.1, -0.05) is 60.7 Å². The molecule has 0 radical (unpaired) electrons. The van der Waals surface area contributed by atoms with Crippen LogP contribution in [0.15, 0.2) is 72.8 Å². The fraction of sp³-hybridized carbons (Fsp3) is 0.192. The van der Waals surface area contributed by atoms with Crippen molar-refractivity contribution in [3.8, 4) is 16.9 Å². The van der Waals surface area contributed by atoms with E-state index in [2.05, 4.69) is 29.6 Å². The Hall–Kier alpha value is -4.13. The number of hydrogen-bond donors (Lipinski definition) is 1. The Kier molecular flexibility index (Phi) is 6.69. The second-order valence-corrected chi connectivity index (χ2v) is 7.52. The Balaban J connectivity index is 1.35. The number of ether oxygens (including phenoxy) is 2. The van der Waals surface area contributed by atoms with Crippen LogP contribution in [0.25, 0.3) is 17.2 Å². The zero-order chi connectivity index (χ0) is 23.2. The van der Waals surface area contributed by atoms with Crippen LogP contribution in [0.1, 0.15) is 29.5 Å². The van der Waals surface area contributed by atoms with E-state index in [-0.39, 0.29) is 24.8 Å². The van der Waals surface area contributed by atoms with Crippen molar-refractivity contribution in [2.45, 2.75) is 12.8 Å². The van der Waals surface area contributed by atoms with Crippen molar-refractivity contribution in [1.29, 1.82) is 0 Å². The minimum atomic E-state index is -0.523. The molecule has 3 aromatic carbocycles. The van der Waals surface area contributed by atoms with Gasteiger partial charge in [0, 0.05) is 30.2 Å². The summed E-state index contributed by atoms with van der Waals surface area (Å²) < 4.78 is 11.0. The third-order valence-corrected chi connectivity index (χ3v) is 5.51. The molecule has 0 saturated heterocycles. The lowest BCUT2D eigenvalue weighted by atomic mass is 9.98. The Bertz CT molecular complexity index is 1160. The zero-order valence-electron chi connectivity index (χ0n) is 18.2. The number of nitrogens with one attached hydrogen (secondary N) is 1. The van der Waals surface area contributed by atoms with Crippen molar-refractivity contribution in [1.82, 2.24) is 5.32 Å². The summed E-state index contributed by atoms with van der Waals surface area (Å²) in [5.74, 6) is 0.540. The van der Waals surface area contributed by atoms with Crippen molar-refractivity contribution >= 4 is 17.9 Å². The van der Waals surface area contributed by atoms with Gasteiger partial charge in [0.1, 0.15) is 12.4 Å². The SMILES string of the molecule is CCOc1ccc([N+](=O)[O-])cc1C=CCNC(=O)OCC1c2ccccc2-c2ccccc21. The van der Waals surface area contributed by atoms with E-state index in [1.54, 1.807) is 18.2 Å². The maximum atomic E-state index is 12.3. The average molecular weight is 444 g/mol. The van der Waals surface area contributed by atoms with E-state index in [0.717, 1.165) is 11.1 Å². The Morgan fingerprint density at radius 2 is 1.73 bits per heavy atom. The molecule has 0 saturated carbocycles. The standard InChI is InChI=1S/C26H24N2O5/c1-2-32-25-14-13-19(28(30)31)16-18(25)8-7-15-27-26(29)33-17-24-22-11-5-3-9-20(22)21-10-4-6-12-23(21)24/h3-14,16,24H,2,15,17H2,1H3,(H,27,29). The van der Waals surface area contributed by atoms with Crippen LogP contribution in [0.3, 0.4) is 0 Å². The van der Waals surface area contributed by atoms with Crippen molar-refractivity contribution in [2.24, 2.45) is 0 Å². The Labute approximate surface area is 191 Å². The minimum absolute atomic E-state index is 0.00249. The van der Waals surface area contributed by atoms with E-state index < -0.39 is 11.0 Å². The van der Waals surface area contributed by atoms with E-state index in [1.807, 2.05) is 31.2 Å². The lowest BCUT2D eigenvalue weighted by Crippen LogP contribution is -2.26. The van der Waals surface area contributed by atoms with Gasteiger partial charge in [-0.3, -0.25) is 10.1 Å². The number of alkyl carbamates (subject to hydrolysis) is 1. The van der Waals surface area contributed by atoms with Crippen molar-refractivity contribution < 1.29 is 19.2 Å². The van der Waals surface area contributed by atoms with Crippen molar-refractivity contribution in [2.75, 3.05) is 19.8 Å². The summed E-state index contributed by atoms with van der Waals surface area (Å²) in [7, 11) is 0. The lowest BCUT2D eigenvalue weighted by Gasteiger charge is -2.14. The number of carbonyl (C=O) groups excluding carboxylic acids is 1. The summed E-state index contributed by atoms with van der Waals surface area (Å²) >= 11 is 0. The van der Waals surface area contributed by atoms with Crippen LogP contribution in [0.5, 0.6) is 5.75 Å². The second kappa shape index (κ2) is 9.99. The predicted octanol–water partition coefficient (Wildman–Crippen LogP) is 5.55. The van der Waals surface area contributed by atoms with Gasteiger partial charge in [0.2, 0.25) is 0 Å². The molecule has 1 aliphatic rings. The number of rotatable bonds is 8. The number of fused-ring (bicyclic) bond motifs is 3. The highest BCUT2D eigenvalue weighted by molar-refractivity contribution is 5.79. The summed E-state index contributed by atoms with van der Waals surface area (Å²) in [6.45, 7) is 2.73. The molecule has 0 aromatic heterocycles. The molecule has 1 N–H and O–H groups in total. The molecule has 0 aliphatic heterocycles. The Morgan fingerprint density at radius 1 is 1.06 bits per heavy atom. The van der Waals surface area contributed by atoms with Gasteiger partial charge in [-0.05, 0) is 35.2 Å². The van der Waals surface area contributed by atoms with Crippen LogP contribution in [0.4, 0.5) is 10.5 Å². The number of nitro benzene ring substituents is 1. The van der Waals surface area contributed by atoms with Crippen LogP contribution in [0.2, 0.25) is 0 Å². The van der Waals surface area contributed by atoms with Gasteiger partial charge in [-0.25, -0.2) is 4.79 Å². The van der Waals surface area contributed by atoms with Crippen molar-refractivity contribution in [3.63, 3.8) is 0 Å². The zero-order valence-corrected chi connectivity index (χ0v) is 18.2. The van der Waals surface area contributed by atoms with Gasteiger partial charge < -0.3 is 14.8 Å². The molecule has 7 nitrogen and oxygen atoms in total. The smallest absolute Gasteiger partial charge is 0.407 e. The molecular weight excluding hydrogens is 420 g/mol. The second-order valence-electron chi connectivity index (χ2n) is 7.52. The fourth-order valence-corrected chi connectivity index (χ4v) is 4.04. The summed E-state index contributed by atoms with van der Waals surface area (Å²) in [6, 6.07) is 20.7. The minimum Gasteiger partial charge on any atom is -0.493 e. The summed E-state index contributed by atoms with van der Waals surface area (Å²) in [6.07, 6.45) is 2.86. The highest BCUT2D eigenvalue weighted by atomic mass is 16.6. The van der Waals surface area contributed by atoms with Crippen molar-refractivity contribution in [3.05, 3.63) is 99.6 Å². The monoisotopic (exact) mass is 444 g/mol. The summed E-state index contributed by atoms with van der Waals surface area (Å²) in [5.41, 5.74) is 5.20. The van der Waals surface area contributed by atoms with Crippen LogP contribution in [0, 0.1) is 10.1 Å². The van der Waals surface area contributed by atoms with Crippen LogP contribution < -0.4 is 10.1 Å². The first-order valence-corrected chi connectivity index (χ1v) is 10.7. The first-order chi connectivity index (χ1) is 16.1. The molecular formula is C26H24N2O5. The van der Waals surface area contributed by atoms with Crippen LogP contribution >= 0.6 is 0 Å². The van der Waals surface area contributed by atoms with Gasteiger partial charge in [0.05, 0.1) is 11.5 Å². The molecule has 0 unspecified atom stereocenters. The van der Waals surface area contributed by atoms with Crippen LogP contribution in [-0.2, 0) is 4.74 Å². The first-order valence-electron chi connectivity index (χ1n) is 10.7. The van der Waals surface area contributed by atoms with E-state index in [9.17, 15) is 14.9 Å². The van der Waals surface area contributed by atoms with Crippen LogP contribution in [-0.4, -0.2) is 30.8 Å². The van der Waals surface area contributed by atoms with Gasteiger partial charge in [0.15, 0.2) is 0 Å². The lowest BCUT2D eigenvalue weighted by molar-refractivity contribution is -0.384. The summed E-state index contributed by atoms with van der Waals surface area (Å²) in [5, 5.41) is 13.7. The first kappa shape index (κ1) is 22.1. The van der Waals surface area contributed by atoms with E-state index >= 15 is 0 Å². The molecule has 0 bridgehead atoms. The predicted molar refractivity (Wildman–Crippen MR) is 126 cm³/mol. The molecule has 1 amide bonds. The van der Waals surface area contributed by atoms with E-state index in [0.29, 0.717) is 17.9 Å². The number of non-ortho nitro benzene ring substituents is 1. The number of nitrogens with zero attached hydrogens (tertiary/aromatic N) is 1. The molecule has 3 aromatic rings. The third-order valence-electron chi connectivity index (χ3n) is 5.51. The maximum absolute atomic E-state index is 12.3. The molecule has 0 fully saturated rings. The molecule has 0 heterocycles. The average Bonchev–Trinajstić information content (AvgIpc) is 3.15. The highest BCUT2D eigenvalue weighted by Gasteiger charge is 2.28. The van der Waals surface area contributed by atoms with Gasteiger partial charge in [-0.2, -0.15) is 0 Å². The van der Waals surface area contributed by atoms with Gasteiger partial charge >= 0.3 is 6.09 Å². The number of nitro groups is 1. The molecule has 33 heavy (non-hydrogen) atoms. The topological polar surface area (TPSA) is 90.7 Å². The van der Waals surface area contributed by atoms with E-state index in [4.69, 9.17) is 9.47 Å². The highest BCUT2D eigenvalue weighted by Crippen LogP contribution is 2.44. The number of carbonyl (C=O) groups is 1. The van der Waals surface area contributed by atoms with Gasteiger partial charge in [0.25, 0.3) is 5.69 Å².